The molecule has 100 valence electrons. The van der Waals surface area contributed by atoms with E-state index in [0.717, 1.165) is 24.4 Å². The van der Waals surface area contributed by atoms with Crippen LogP contribution in [0, 0.1) is 5.82 Å². The average molecular weight is 275 g/mol. The number of halogens is 1. The van der Waals surface area contributed by atoms with E-state index < -0.39 is 0 Å². The Hall–Kier alpha value is -1.32. The molecule has 2 rings (SSSR count). The van der Waals surface area contributed by atoms with Crippen molar-refractivity contribution >= 4 is 11.8 Å². The topological polar surface area (TPSA) is 12.0 Å². The highest BCUT2D eigenvalue weighted by molar-refractivity contribution is 7.98. The van der Waals surface area contributed by atoms with Gasteiger partial charge in [-0.1, -0.05) is 43.3 Å². The first-order chi connectivity index (χ1) is 9.29. The molecule has 0 aromatic heterocycles. The van der Waals surface area contributed by atoms with Gasteiger partial charge in [0.2, 0.25) is 0 Å². The number of thioether (sulfide) groups is 1. The molecule has 0 saturated carbocycles. The van der Waals surface area contributed by atoms with Crippen LogP contribution in [0.3, 0.4) is 0 Å². The highest BCUT2D eigenvalue weighted by Gasteiger charge is 2.04. The lowest BCUT2D eigenvalue weighted by molar-refractivity contribution is 0.596. The molecule has 0 unspecified atom stereocenters. The third-order valence-corrected chi connectivity index (χ3v) is 3.93. The molecule has 0 spiro atoms. The Morgan fingerprint density at radius 2 is 1.84 bits per heavy atom. The van der Waals surface area contributed by atoms with Gasteiger partial charge in [0, 0.05) is 17.2 Å². The Morgan fingerprint density at radius 3 is 2.53 bits per heavy atom. The largest absolute Gasteiger partial charge is 0.313 e. The Kier molecular flexibility index (Phi) is 5.43. The smallest absolute Gasteiger partial charge is 0.137 e. The average Bonchev–Trinajstić information content (AvgIpc) is 2.45. The molecule has 0 atom stereocenters. The van der Waals surface area contributed by atoms with Crippen molar-refractivity contribution in [2.75, 3.05) is 6.54 Å². The molecule has 3 heteroatoms. The molecule has 0 fully saturated rings. The summed E-state index contributed by atoms with van der Waals surface area (Å²) in [5.41, 5.74) is 2.20. The van der Waals surface area contributed by atoms with Crippen LogP contribution in [0.4, 0.5) is 4.39 Å². The van der Waals surface area contributed by atoms with Crippen LogP contribution < -0.4 is 5.32 Å². The highest BCUT2D eigenvalue weighted by atomic mass is 32.2. The van der Waals surface area contributed by atoms with Gasteiger partial charge in [-0.2, -0.15) is 0 Å². The van der Waals surface area contributed by atoms with Crippen molar-refractivity contribution in [2.24, 2.45) is 0 Å². The lowest BCUT2D eigenvalue weighted by atomic mass is 10.2. The van der Waals surface area contributed by atoms with Crippen LogP contribution in [0.2, 0.25) is 0 Å². The fourth-order valence-corrected chi connectivity index (χ4v) is 2.65. The Bertz CT molecular complexity index is 513. The van der Waals surface area contributed by atoms with E-state index in [2.05, 4.69) is 17.4 Å². The Balaban J connectivity index is 1.97. The molecule has 0 amide bonds. The monoisotopic (exact) mass is 275 g/mol. The first-order valence-electron chi connectivity index (χ1n) is 6.45. The maximum absolute atomic E-state index is 13.9. The van der Waals surface area contributed by atoms with Crippen molar-refractivity contribution in [3.05, 3.63) is 65.5 Å². The van der Waals surface area contributed by atoms with Gasteiger partial charge >= 0.3 is 0 Å². The molecule has 0 bridgehead atoms. The van der Waals surface area contributed by atoms with E-state index in [4.69, 9.17) is 0 Å². The molecule has 0 aliphatic heterocycles. The lowest BCUT2D eigenvalue weighted by Crippen LogP contribution is -2.11. The van der Waals surface area contributed by atoms with Gasteiger partial charge in [0.1, 0.15) is 5.82 Å². The van der Waals surface area contributed by atoms with Crippen LogP contribution in [0.1, 0.15) is 18.1 Å². The summed E-state index contributed by atoms with van der Waals surface area (Å²) < 4.78 is 13.9. The van der Waals surface area contributed by atoms with Gasteiger partial charge in [-0.15, -0.1) is 11.8 Å². The molecule has 2 aromatic rings. The number of nitrogens with one attached hydrogen (secondary N) is 1. The zero-order chi connectivity index (χ0) is 13.5. The van der Waals surface area contributed by atoms with Gasteiger partial charge in [0.15, 0.2) is 0 Å². The molecule has 0 aliphatic rings. The molecular formula is C16H18FNS. The number of rotatable bonds is 6. The third kappa shape index (κ3) is 4.37. The second-order valence-corrected chi connectivity index (χ2v) is 5.34. The highest BCUT2D eigenvalue weighted by Crippen LogP contribution is 2.26. The van der Waals surface area contributed by atoms with Crippen molar-refractivity contribution in [1.82, 2.24) is 5.32 Å². The van der Waals surface area contributed by atoms with Gasteiger partial charge in [-0.3, -0.25) is 0 Å². The van der Waals surface area contributed by atoms with Crippen molar-refractivity contribution in [2.45, 2.75) is 24.1 Å². The molecule has 1 N–H and O–H groups in total. The van der Waals surface area contributed by atoms with Crippen molar-refractivity contribution < 1.29 is 4.39 Å². The molecule has 0 aliphatic carbocycles. The van der Waals surface area contributed by atoms with Crippen LogP contribution in [0.25, 0.3) is 0 Å². The first kappa shape index (κ1) is 14.1. The molecular weight excluding hydrogens is 257 g/mol. The van der Waals surface area contributed by atoms with E-state index in [1.54, 1.807) is 6.07 Å². The number of hydrogen-bond donors (Lipinski definition) is 1. The summed E-state index contributed by atoms with van der Waals surface area (Å²) in [5, 5.41) is 3.20. The van der Waals surface area contributed by atoms with Crippen LogP contribution >= 0.6 is 11.8 Å². The summed E-state index contributed by atoms with van der Waals surface area (Å²) in [6.45, 7) is 3.66. The van der Waals surface area contributed by atoms with Crippen LogP contribution in [-0.2, 0) is 12.3 Å². The maximum Gasteiger partial charge on any atom is 0.137 e. The van der Waals surface area contributed by atoms with Crippen molar-refractivity contribution in [3.8, 4) is 0 Å². The summed E-state index contributed by atoms with van der Waals surface area (Å²) in [7, 11) is 0. The molecule has 0 heterocycles. The summed E-state index contributed by atoms with van der Waals surface area (Å²) in [4.78, 5) is 0.712. The molecule has 2 aromatic carbocycles. The molecule has 0 radical (unpaired) electrons. The zero-order valence-electron chi connectivity index (χ0n) is 11.0. The summed E-state index contributed by atoms with van der Waals surface area (Å²) in [5.74, 6) is 0.668. The van der Waals surface area contributed by atoms with E-state index in [1.165, 1.54) is 17.3 Å². The number of hydrogen-bond acceptors (Lipinski definition) is 2. The van der Waals surface area contributed by atoms with Crippen LogP contribution in [0.5, 0.6) is 0 Å². The minimum Gasteiger partial charge on any atom is -0.313 e. The zero-order valence-corrected chi connectivity index (χ0v) is 11.8. The first-order valence-corrected chi connectivity index (χ1v) is 7.44. The summed E-state index contributed by atoms with van der Waals surface area (Å²) in [6, 6.07) is 15.6. The van der Waals surface area contributed by atoms with Crippen molar-refractivity contribution in [1.29, 1.82) is 0 Å². The maximum atomic E-state index is 13.9. The fraction of sp³-hybridized carbons (Fsp3) is 0.250. The normalized spacial score (nSPS) is 10.6. The van der Waals surface area contributed by atoms with Crippen molar-refractivity contribution in [3.63, 3.8) is 0 Å². The predicted molar refractivity (Wildman–Crippen MR) is 79.8 cm³/mol. The quantitative estimate of drug-likeness (QED) is 0.792. The van der Waals surface area contributed by atoms with Gasteiger partial charge in [0.05, 0.1) is 0 Å². The Morgan fingerprint density at radius 1 is 1.05 bits per heavy atom. The van der Waals surface area contributed by atoms with Gasteiger partial charge < -0.3 is 5.32 Å². The summed E-state index contributed by atoms with van der Waals surface area (Å²) in [6.07, 6.45) is 0. The lowest BCUT2D eigenvalue weighted by Gasteiger charge is -2.06. The van der Waals surface area contributed by atoms with Crippen LogP contribution in [-0.4, -0.2) is 6.54 Å². The van der Waals surface area contributed by atoms with E-state index >= 15 is 0 Å². The second-order valence-electron chi connectivity index (χ2n) is 4.32. The third-order valence-electron chi connectivity index (χ3n) is 2.81. The van der Waals surface area contributed by atoms with E-state index in [0.29, 0.717) is 4.90 Å². The van der Waals surface area contributed by atoms with Crippen LogP contribution in [0.15, 0.2) is 53.4 Å². The Labute approximate surface area is 118 Å². The molecule has 0 saturated heterocycles. The fourth-order valence-electron chi connectivity index (χ4n) is 1.78. The SMILES string of the molecule is CCNCc1ccc(SCc2ccccc2)c(F)c1. The summed E-state index contributed by atoms with van der Waals surface area (Å²) >= 11 is 1.54. The molecule has 1 nitrogen and oxygen atoms in total. The van der Waals surface area contributed by atoms with E-state index in [-0.39, 0.29) is 5.82 Å². The van der Waals surface area contributed by atoms with E-state index in [9.17, 15) is 4.39 Å². The van der Waals surface area contributed by atoms with Gasteiger partial charge in [0.25, 0.3) is 0 Å². The molecule has 19 heavy (non-hydrogen) atoms. The number of benzene rings is 2. The standard InChI is InChI=1S/C16H18FNS/c1-2-18-11-14-8-9-16(15(17)10-14)19-12-13-6-4-3-5-7-13/h3-10,18H,2,11-12H2,1H3. The van der Waals surface area contributed by atoms with Gasteiger partial charge in [-0.25, -0.2) is 4.39 Å². The minimum absolute atomic E-state index is 0.128. The second kappa shape index (κ2) is 7.31. The van der Waals surface area contributed by atoms with Gasteiger partial charge in [-0.05, 0) is 29.8 Å². The minimum atomic E-state index is -0.128. The predicted octanol–water partition coefficient (Wildman–Crippen LogP) is 4.23. The van der Waals surface area contributed by atoms with E-state index in [1.807, 2.05) is 37.3 Å².